The first-order chi connectivity index (χ1) is 12.1. The third-order valence-electron chi connectivity index (χ3n) is 4.51. The average Bonchev–Trinajstić information content (AvgIpc) is 2.96. The number of carbonyl (C=O) groups is 2. The smallest absolute Gasteiger partial charge is 0.305 e. The Labute approximate surface area is 151 Å². The summed E-state index contributed by atoms with van der Waals surface area (Å²) in [5.41, 5.74) is 0. The predicted molar refractivity (Wildman–Crippen MR) is 100 cm³/mol. The van der Waals surface area contributed by atoms with E-state index in [1.807, 2.05) is 30.4 Å². The van der Waals surface area contributed by atoms with Gasteiger partial charge in [0.2, 0.25) is 0 Å². The molecule has 1 rings (SSSR count). The largest absolute Gasteiger partial charge is 0.469 e. The van der Waals surface area contributed by atoms with Gasteiger partial charge in [0.1, 0.15) is 0 Å². The van der Waals surface area contributed by atoms with Crippen molar-refractivity contribution < 1.29 is 19.4 Å². The first kappa shape index (κ1) is 21.4. The minimum atomic E-state index is -0.426. The third-order valence-corrected chi connectivity index (χ3v) is 4.51. The highest BCUT2D eigenvalue weighted by Crippen LogP contribution is 2.27. The molecule has 0 radical (unpaired) electrons. The summed E-state index contributed by atoms with van der Waals surface area (Å²) < 4.78 is 4.60. The number of ether oxygens (including phenoxy) is 1. The number of rotatable bonds is 12. The highest BCUT2D eigenvalue weighted by atomic mass is 16.5. The van der Waals surface area contributed by atoms with E-state index in [4.69, 9.17) is 0 Å². The van der Waals surface area contributed by atoms with Crippen molar-refractivity contribution in [1.82, 2.24) is 0 Å². The normalized spacial score (nSPS) is 21.5. The van der Waals surface area contributed by atoms with E-state index < -0.39 is 6.10 Å². The van der Waals surface area contributed by atoms with Gasteiger partial charge < -0.3 is 9.84 Å². The molecule has 0 amide bonds. The van der Waals surface area contributed by atoms with Crippen molar-refractivity contribution in [3.8, 4) is 0 Å². The zero-order valence-electron chi connectivity index (χ0n) is 15.5. The second-order valence-corrected chi connectivity index (χ2v) is 6.57. The topological polar surface area (TPSA) is 63.6 Å². The van der Waals surface area contributed by atoms with Gasteiger partial charge in [-0.3, -0.25) is 9.59 Å². The molecule has 0 aromatic heterocycles. The van der Waals surface area contributed by atoms with Gasteiger partial charge in [-0.05, 0) is 31.8 Å². The van der Waals surface area contributed by atoms with E-state index in [1.165, 1.54) is 7.11 Å². The third kappa shape index (κ3) is 8.82. The number of hydrogen-bond donors (Lipinski definition) is 1. The fourth-order valence-corrected chi connectivity index (χ4v) is 2.91. The SMILES string of the molecule is CCCCC[C@H](O)C=CC1C=CC(=O)C1CC=CCCCC(=O)OC. The maximum absolute atomic E-state index is 12.0. The fraction of sp³-hybridized carbons (Fsp3) is 0.619. The number of aliphatic hydroxyl groups excluding tert-OH is 1. The molecular formula is C21H32O4. The van der Waals surface area contributed by atoms with Crippen LogP contribution in [-0.2, 0) is 14.3 Å². The molecule has 1 aliphatic rings. The average molecular weight is 348 g/mol. The van der Waals surface area contributed by atoms with E-state index in [1.54, 1.807) is 6.08 Å². The van der Waals surface area contributed by atoms with Crippen LogP contribution in [-0.4, -0.2) is 30.1 Å². The Kier molecular flexibility index (Phi) is 10.8. The van der Waals surface area contributed by atoms with Crippen LogP contribution in [0.25, 0.3) is 0 Å². The van der Waals surface area contributed by atoms with Crippen LogP contribution in [0.1, 0.15) is 58.3 Å². The van der Waals surface area contributed by atoms with E-state index in [-0.39, 0.29) is 23.6 Å². The first-order valence-electron chi connectivity index (χ1n) is 9.38. The van der Waals surface area contributed by atoms with Crippen LogP contribution in [0.2, 0.25) is 0 Å². The first-order valence-corrected chi connectivity index (χ1v) is 9.38. The Balaban J connectivity index is 2.36. The summed E-state index contributed by atoms with van der Waals surface area (Å²) in [5, 5.41) is 9.98. The zero-order valence-corrected chi connectivity index (χ0v) is 15.5. The molecule has 0 fully saturated rings. The zero-order chi connectivity index (χ0) is 18.5. The summed E-state index contributed by atoms with van der Waals surface area (Å²) in [6, 6.07) is 0. The van der Waals surface area contributed by atoms with Crippen molar-refractivity contribution >= 4 is 11.8 Å². The molecule has 0 aromatic rings. The minimum Gasteiger partial charge on any atom is -0.469 e. The molecule has 0 aromatic carbocycles. The van der Waals surface area contributed by atoms with Gasteiger partial charge in [-0.2, -0.15) is 0 Å². The van der Waals surface area contributed by atoms with Gasteiger partial charge in [0.25, 0.3) is 0 Å². The molecule has 1 N–H and O–H groups in total. The molecule has 2 unspecified atom stereocenters. The molecule has 4 nitrogen and oxygen atoms in total. The van der Waals surface area contributed by atoms with Gasteiger partial charge in [0.05, 0.1) is 13.2 Å². The number of esters is 1. The molecule has 0 heterocycles. The molecule has 4 heteroatoms. The lowest BCUT2D eigenvalue weighted by Gasteiger charge is -2.13. The second kappa shape index (κ2) is 12.6. The molecule has 1 aliphatic carbocycles. The van der Waals surface area contributed by atoms with Gasteiger partial charge in [-0.25, -0.2) is 0 Å². The van der Waals surface area contributed by atoms with Crippen molar-refractivity contribution in [2.75, 3.05) is 7.11 Å². The Morgan fingerprint density at radius 1 is 1.32 bits per heavy atom. The van der Waals surface area contributed by atoms with Crippen molar-refractivity contribution in [2.24, 2.45) is 11.8 Å². The van der Waals surface area contributed by atoms with E-state index in [9.17, 15) is 14.7 Å². The number of unbranched alkanes of at least 4 members (excludes halogenated alkanes) is 3. The Bertz CT molecular complexity index is 490. The predicted octanol–water partition coefficient (Wildman–Crippen LogP) is 4.14. The number of aliphatic hydroxyl groups is 1. The number of hydrogen-bond acceptors (Lipinski definition) is 4. The van der Waals surface area contributed by atoms with Crippen LogP contribution in [0.15, 0.2) is 36.5 Å². The lowest BCUT2D eigenvalue weighted by Crippen LogP contribution is -2.14. The molecule has 0 bridgehead atoms. The molecule has 0 aliphatic heterocycles. The maximum atomic E-state index is 12.0. The molecule has 0 saturated carbocycles. The summed E-state index contributed by atoms with van der Waals surface area (Å²) in [5.74, 6) is -0.0513. The van der Waals surface area contributed by atoms with Crippen molar-refractivity contribution in [3.63, 3.8) is 0 Å². The lowest BCUT2D eigenvalue weighted by molar-refractivity contribution is -0.140. The maximum Gasteiger partial charge on any atom is 0.305 e. The summed E-state index contributed by atoms with van der Waals surface area (Å²) >= 11 is 0. The molecule has 3 atom stereocenters. The molecule has 0 saturated heterocycles. The Hall–Kier alpha value is -1.68. The van der Waals surface area contributed by atoms with Crippen LogP contribution in [0.4, 0.5) is 0 Å². The standard InChI is InChI=1S/C21H32O4/c1-3-4-7-10-18(22)15-13-17-14-16-20(23)19(17)11-8-5-6-9-12-21(24)25-2/h5,8,13-19,22H,3-4,6-7,9-12H2,1-2H3/t17?,18-,19?/m0/s1. The summed E-state index contributed by atoms with van der Waals surface area (Å²) in [6.45, 7) is 2.14. The summed E-state index contributed by atoms with van der Waals surface area (Å²) in [6.07, 6.45) is 17.7. The van der Waals surface area contributed by atoms with E-state index >= 15 is 0 Å². The van der Waals surface area contributed by atoms with Gasteiger partial charge in [-0.15, -0.1) is 0 Å². The molecule has 25 heavy (non-hydrogen) atoms. The molecule has 140 valence electrons. The Morgan fingerprint density at radius 3 is 2.84 bits per heavy atom. The van der Waals surface area contributed by atoms with Crippen LogP contribution in [0, 0.1) is 11.8 Å². The highest BCUT2D eigenvalue weighted by Gasteiger charge is 2.27. The van der Waals surface area contributed by atoms with Crippen molar-refractivity contribution in [1.29, 1.82) is 0 Å². The van der Waals surface area contributed by atoms with Crippen LogP contribution < -0.4 is 0 Å². The van der Waals surface area contributed by atoms with E-state index in [0.717, 1.165) is 38.5 Å². The van der Waals surface area contributed by atoms with Gasteiger partial charge in [-0.1, -0.05) is 56.6 Å². The van der Waals surface area contributed by atoms with Gasteiger partial charge in [0.15, 0.2) is 5.78 Å². The second-order valence-electron chi connectivity index (χ2n) is 6.57. The number of allylic oxidation sites excluding steroid dienone is 5. The minimum absolute atomic E-state index is 0.0630. The molecular weight excluding hydrogens is 316 g/mol. The molecule has 0 spiro atoms. The monoisotopic (exact) mass is 348 g/mol. The number of ketones is 1. The summed E-state index contributed by atoms with van der Waals surface area (Å²) in [4.78, 5) is 23.0. The van der Waals surface area contributed by atoms with E-state index in [0.29, 0.717) is 12.8 Å². The quantitative estimate of drug-likeness (QED) is 0.327. The van der Waals surface area contributed by atoms with Crippen molar-refractivity contribution in [3.05, 3.63) is 36.5 Å². The van der Waals surface area contributed by atoms with Crippen LogP contribution in [0.5, 0.6) is 0 Å². The lowest BCUT2D eigenvalue weighted by atomic mass is 9.90. The van der Waals surface area contributed by atoms with Gasteiger partial charge in [0, 0.05) is 18.3 Å². The number of methoxy groups -OCH3 is 1. The van der Waals surface area contributed by atoms with E-state index in [2.05, 4.69) is 11.7 Å². The fourth-order valence-electron chi connectivity index (χ4n) is 2.91. The van der Waals surface area contributed by atoms with Crippen LogP contribution in [0.3, 0.4) is 0 Å². The number of carbonyl (C=O) groups excluding carboxylic acids is 2. The summed E-state index contributed by atoms with van der Waals surface area (Å²) in [7, 11) is 1.39. The Morgan fingerprint density at radius 2 is 2.12 bits per heavy atom. The van der Waals surface area contributed by atoms with Gasteiger partial charge >= 0.3 is 5.97 Å². The van der Waals surface area contributed by atoms with Crippen molar-refractivity contribution in [2.45, 2.75) is 64.4 Å². The van der Waals surface area contributed by atoms with Crippen LogP contribution >= 0.6 is 0 Å². The highest BCUT2D eigenvalue weighted by molar-refractivity contribution is 5.95.